The van der Waals surface area contributed by atoms with Crippen LogP contribution >= 0.6 is 0 Å². The van der Waals surface area contributed by atoms with Crippen LogP contribution in [-0.4, -0.2) is 61.9 Å². The summed E-state index contributed by atoms with van der Waals surface area (Å²) in [7, 11) is 1.68. The zero-order chi connectivity index (χ0) is 20.5. The highest BCUT2D eigenvalue weighted by Gasteiger charge is 2.27. The number of benzene rings is 1. The molecule has 2 amide bonds. The van der Waals surface area contributed by atoms with Gasteiger partial charge in [-0.15, -0.1) is 0 Å². The molecule has 0 spiro atoms. The van der Waals surface area contributed by atoms with Gasteiger partial charge in [-0.1, -0.05) is 26.0 Å². The molecule has 0 aliphatic carbocycles. The van der Waals surface area contributed by atoms with Crippen LogP contribution in [0.3, 0.4) is 0 Å². The van der Waals surface area contributed by atoms with Crippen LogP contribution in [0.4, 0.5) is 4.39 Å². The Morgan fingerprint density at radius 3 is 2.71 bits per heavy atom. The van der Waals surface area contributed by atoms with E-state index in [4.69, 9.17) is 0 Å². The van der Waals surface area contributed by atoms with Crippen LogP contribution in [0.2, 0.25) is 0 Å². The van der Waals surface area contributed by atoms with Gasteiger partial charge in [0, 0.05) is 45.2 Å². The van der Waals surface area contributed by atoms with Gasteiger partial charge in [-0.3, -0.25) is 14.6 Å². The molecule has 1 atom stereocenters. The van der Waals surface area contributed by atoms with Gasteiger partial charge < -0.3 is 20.9 Å². The predicted octanol–water partition coefficient (Wildman–Crippen LogP) is 0.906. The van der Waals surface area contributed by atoms with Gasteiger partial charge in [0.1, 0.15) is 5.82 Å². The van der Waals surface area contributed by atoms with Crippen molar-refractivity contribution >= 4 is 17.8 Å². The number of hydrogen-bond acceptors (Lipinski definition) is 3. The zero-order valence-corrected chi connectivity index (χ0v) is 16.8. The minimum atomic E-state index is -0.345. The standard InChI is InChI=1S/C20H30FN5O2/c1-14(2)19(28)26-10-7-17(13-26)25-20(22-3)24-9-8-23-18(27)12-15-5-4-6-16(21)11-15/h4-6,11,14,17H,7-10,12-13H2,1-3H3,(H,23,27)(H2,22,24,25). The molecular formula is C20H30FN5O2. The Morgan fingerprint density at radius 1 is 1.29 bits per heavy atom. The monoisotopic (exact) mass is 391 g/mol. The molecule has 1 heterocycles. The predicted molar refractivity (Wildman–Crippen MR) is 107 cm³/mol. The van der Waals surface area contributed by atoms with E-state index in [1.54, 1.807) is 19.2 Å². The lowest BCUT2D eigenvalue weighted by Crippen LogP contribution is -2.47. The molecule has 8 heteroatoms. The molecule has 154 valence electrons. The molecule has 28 heavy (non-hydrogen) atoms. The first-order valence-corrected chi connectivity index (χ1v) is 9.66. The average molecular weight is 391 g/mol. The number of likely N-dealkylation sites (tertiary alicyclic amines) is 1. The Hall–Kier alpha value is -2.64. The van der Waals surface area contributed by atoms with Gasteiger partial charge in [0.05, 0.1) is 6.42 Å². The van der Waals surface area contributed by atoms with Gasteiger partial charge in [-0.2, -0.15) is 0 Å². The van der Waals surface area contributed by atoms with Gasteiger partial charge in [-0.25, -0.2) is 4.39 Å². The third-order valence-electron chi connectivity index (χ3n) is 4.55. The molecule has 1 fully saturated rings. The van der Waals surface area contributed by atoms with E-state index in [0.29, 0.717) is 31.2 Å². The van der Waals surface area contributed by atoms with Crippen LogP contribution < -0.4 is 16.0 Å². The van der Waals surface area contributed by atoms with E-state index in [1.807, 2.05) is 18.7 Å². The first kappa shape index (κ1) is 21.7. The van der Waals surface area contributed by atoms with Crippen LogP contribution in [-0.2, 0) is 16.0 Å². The van der Waals surface area contributed by atoms with E-state index >= 15 is 0 Å². The maximum atomic E-state index is 13.1. The maximum absolute atomic E-state index is 13.1. The second-order valence-electron chi connectivity index (χ2n) is 7.22. The first-order chi connectivity index (χ1) is 13.4. The van der Waals surface area contributed by atoms with Crippen molar-refractivity contribution in [2.45, 2.75) is 32.7 Å². The average Bonchev–Trinajstić information content (AvgIpc) is 3.11. The van der Waals surface area contributed by atoms with Crippen molar-refractivity contribution in [3.05, 3.63) is 35.6 Å². The van der Waals surface area contributed by atoms with Gasteiger partial charge in [-0.05, 0) is 24.1 Å². The normalized spacial score (nSPS) is 17.0. The minimum absolute atomic E-state index is 0.00665. The van der Waals surface area contributed by atoms with Crippen LogP contribution in [0.1, 0.15) is 25.8 Å². The summed E-state index contributed by atoms with van der Waals surface area (Å²) in [6.07, 6.45) is 1.02. The highest BCUT2D eigenvalue weighted by atomic mass is 19.1. The number of nitrogens with zero attached hydrogens (tertiary/aromatic N) is 2. The second kappa shape index (κ2) is 10.6. The Bertz CT molecular complexity index is 708. The lowest BCUT2D eigenvalue weighted by molar-refractivity contribution is -0.133. The van der Waals surface area contributed by atoms with Gasteiger partial charge >= 0.3 is 0 Å². The number of aliphatic imine (C=N–C) groups is 1. The highest BCUT2D eigenvalue weighted by Crippen LogP contribution is 2.12. The summed E-state index contributed by atoms with van der Waals surface area (Å²) < 4.78 is 13.1. The number of halogens is 1. The fourth-order valence-electron chi connectivity index (χ4n) is 3.11. The minimum Gasteiger partial charge on any atom is -0.355 e. The summed E-state index contributed by atoms with van der Waals surface area (Å²) >= 11 is 0. The molecule has 1 aromatic carbocycles. The summed E-state index contributed by atoms with van der Waals surface area (Å²) in [4.78, 5) is 30.1. The largest absolute Gasteiger partial charge is 0.355 e. The van der Waals surface area contributed by atoms with Crippen molar-refractivity contribution in [1.29, 1.82) is 0 Å². The SMILES string of the molecule is CN=C(NCCNC(=O)Cc1cccc(F)c1)NC1CCN(C(=O)C(C)C)C1. The molecule has 1 aliphatic rings. The summed E-state index contributed by atoms with van der Waals surface area (Å²) in [5.41, 5.74) is 0.643. The van der Waals surface area contributed by atoms with Crippen LogP contribution in [0, 0.1) is 11.7 Å². The summed E-state index contributed by atoms with van der Waals surface area (Å²) in [6, 6.07) is 6.19. The lowest BCUT2D eigenvalue weighted by Gasteiger charge is -2.20. The first-order valence-electron chi connectivity index (χ1n) is 9.66. The summed E-state index contributed by atoms with van der Waals surface area (Å²) in [6.45, 7) is 6.18. The third-order valence-corrected chi connectivity index (χ3v) is 4.55. The molecule has 0 saturated carbocycles. The third kappa shape index (κ3) is 6.83. The smallest absolute Gasteiger partial charge is 0.225 e. The van der Waals surface area contributed by atoms with Crippen LogP contribution in [0.15, 0.2) is 29.3 Å². The van der Waals surface area contributed by atoms with E-state index < -0.39 is 0 Å². The van der Waals surface area contributed by atoms with E-state index in [1.165, 1.54) is 12.1 Å². The Labute approximate surface area is 165 Å². The van der Waals surface area contributed by atoms with Crippen molar-refractivity contribution in [2.24, 2.45) is 10.9 Å². The van der Waals surface area contributed by atoms with E-state index in [2.05, 4.69) is 20.9 Å². The fraction of sp³-hybridized carbons (Fsp3) is 0.550. The molecule has 2 rings (SSSR count). The Morgan fingerprint density at radius 2 is 2.04 bits per heavy atom. The van der Waals surface area contributed by atoms with Gasteiger partial charge in [0.2, 0.25) is 11.8 Å². The number of hydrogen-bond donors (Lipinski definition) is 3. The fourth-order valence-corrected chi connectivity index (χ4v) is 3.11. The summed E-state index contributed by atoms with van der Waals surface area (Å²) in [5, 5.41) is 9.27. The van der Waals surface area contributed by atoms with Crippen molar-refractivity contribution < 1.29 is 14.0 Å². The zero-order valence-electron chi connectivity index (χ0n) is 16.8. The topological polar surface area (TPSA) is 85.8 Å². The maximum Gasteiger partial charge on any atom is 0.225 e. The van der Waals surface area contributed by atoms with E-state index in [-0.39, 0.29) is 36.0 Å². The van der Waals surface area contributed by atoms with Crippen LogP contribution in [0.25, 0.3) is 0 Å². The molecule has 1 aliphatic heterocycles. The molecule has 1 unspecified atom stereocenters. The molecule has 0 bridgehead atoms. The number of carbonyl (C=O) groups excluding carboxylic acids is 2. The van der Waals surface area contributed by atoms with Gasteiger partial charge in [0.25, 0.3) is 0 Å². The molecular weight excluding hydrogens is 361 g/mol. The number of amides is 2. The van der Waals surface area contributed by atoms with Crippen molar-refractivity contribution in [1.82, 2.24) is 20.9 Å². The van der Waals surface area contributed by atoms with Crippen molar-refractivity contribution in [2.75, 3.05) is 33.2 Å². The van der Waals surface area contributed by atoms with Crippen molar-refractivity contribution in [3.63, 3.8) is 0 Å². The molecule has 1 saturated heterocycles. The number of nitrogens with one attached hydrogen (secondary N) is 3. The molecule has 0 radical (unpaired) electrons. The highest BCUT2D eigenvalue weighted by molar-refractivity contribution is 5.81. The summed E-state index contributed by atoms with van der Waals surface area (Å²) in [5.74, 6) is 0.319. The number of rotatable bonds is 7. The lowest BCUT2D eigenvalue weighted by atomic mass is 10.1. The molecule has 7 nitrogen and oxygen atoms in total. The Balaban J connectivity index is 1.66. The number of guanidine groups is 1. The molecule has 3 N–H and O–H groups in total. The number of carbonyl (C=O) groups is 2. The van der Waals surface area contributed by atoms with Crippen LogP contribution in [0.5, 0.6) is 0 Å². The quantitative estimate of drug-likeness (QED) is 0.366. The van der Waals surface area contributed by atoms with E-state index in [0.717, 1.165) is 13.0 Å². The van der Waals surface area contributed by atoms with E-state index in [9.17, 15) is 14.0 Å². The van der Waals surface area contributed by atoms with Gasteiger partial charge in [0.15, 0.2) is 5.96 Å². The molecule has 0 aromatic heterocycles. The van der Waals surface area contributed by atoms with Crippen molar-refractivity contribution in [3.8, 4) is 0 Å². The second-order valence-corrected chi connectivity index (χ2v) is 7.22. The molecule has 1 aromatic rings. The Kier molecular flexibility index (Phi) is 8.22.